The Balaban J connectivity index is 1.61. The average Bonchev–Trinajstić information content (AvgIpc) is 3.05. The number of amides is 1. The summed E-state index contributed by atoms with van der Waals surface area (Å²) < 4.78 is 5.49. The fourth-order valence-corrected chi connectivity index (χ4v) is 4.49. The SMILES string of the molecule is COc1ccccc1N1CCN(c2ccnc3sc(C(N)=O)c(N)c23)CC1. The Hall–Kier alpha value is -3.00. The van der Waals surface area contributed by atoms with E-state index in [0.29, 0.717) is 10.6 Å². The smallest absolute Gasteiger partial charge is 0.260 e. The van der Waals surface area contributed by atoms with Crippen molar-refractivity contribution in [2.75, 3.05) is 48.8 Å². The van der Waals surface area contributed by atoms with Gasteiger partial charge in [-0.1, -0.05) is 12.1 Å². The second-order valence-electron chi connectivity index (χ2n) is 6.37. The Morgan fingerprint density at radius 2 is 1.78 bits per heavy atom. The third-order valence-corrected chi connectivity index (χ3v) is 6.01. The minimum absolute atomic E-state index is 0.373. The van der Waals surface area contributed by atoms with Crippen molar-refractivity contribution in [3.05, 3.63) is 41.4 Å². The number of hydrogen-bond donors (Lipinski definition) is 2. The first-order valence-electron chi connectivity index (χ1n) is 8.70. The van der Waals surface area contributed by atoms with Crippen LogP contribution in [0.4, 0.5) is 17.1 Å². The molecule has 8 heteroatoms. The molecule has 0 saturated carbocycles. The number of methoxy groups -OCH3 is 1. The number of nitrogens with zero attached hydrogens (tertiary/aromatic N) is 3. The molecule has 1 aliphatic rings. The van der Waals surface area contributed by atoms with Gasteiger partial charge in [-0.2, -0.15) is 0 Å². The van der Waals surface area contributed by atoms with Crippen molar-refractivity contribution in [2.24, 2.45) is 5.73 Å². The molecule has 1 aromatic carbocycles. The summed E-state index contributed by atoms with van der Waals surface area (Å²) in [6.45, 7) is 3.38. The Morgan fingerprint density at radius 3 is 2.44 bits per heavy atom. The van der Waals surface area contributed by atoms with Crippen molar-refractivity contribution in [1.29, 1.82) is 0 Å². The van der Waals surface area contributed by atoms with Gasteiger partial charge in [-0.15, -0.1) is 11.3 Å². The molecule has 0 unspecified atom stereocenters. The van der Waals surface area contributed by atoms with Crippen LogP contribution in [0.15, 0.2) is 36.5 Å². The summed E-state index contributed by atoms with van der Waals surface area (Å²) in [6, 6.07) is 10.0. The third-order valence-electron chi connectivity index (χ3n) is 4.88. The minimum Gasteiger partial charge on any atom is -0.495 e. The summed E-state index contributed by atoms with van der Waals surface area (Å²) in [4.78, 5) is 21.7. The average molecular weight is 383 g/mol. The summed E-state index contributed by atoms with van der Waals surface area (Å²) in [5.74, 6) is 0.368. The first kappa shape index (κ1) is 17.4. The number of benzene rings is 1. The molecular weight excluding hydrogens is 362 g/mol. The molecule has 4 rings (SSSR count). The maximum atomic E-state index is 11.6. The van der Waals surface area contributed by atoms with Crippen LogP contribution in [0.5, 0.6) is 5.75 Å². The van der Waals surface area contributed by atoms with E-state index >= 15 is 0 Å². The van der Waals surface area contributed by atoms with Crippen LogP contribution in [0.2, 0.25) is 0 Å². The van der Waals surface area contributed by atoms with E-state index in [4.69, 9.17) is 16.2 Å². The summed E-state index contributed by atoms with van der Waals surface area (Å²) in [5.41, 5.74) is 14.2. The third kappa shape index (κ3) is 3.02. The van der Waals surface area contributed by atoms with Gasteiger partial charge in [-0.3, -0.25) is 4.79 Å². The molecule has 0 spiro atoms. The second-order valence-corrected chi connectivity index (χ2v) is 7.36. The Labute approximate surface area is 161 Å². The number of carbonyl (C=O) groups excluding carboxylic acids is 1. The maximum absolute atomic E-state index is 11.6. The van der Waals surface area contributed by atoms with Gasteiger partial charge in [-0.05, 0) is 18.2 Å². The summed E-state index contributed by atoms with van der Waals surface area (Å²) >= 11 is 1.25. The number of aromatic nitrogens is 1. The van der Waals surface area contributed by atoms with Crippen molar-refractivity contribution >= 4 is 44.5 Å². The Morgan fingerprint density at radius 1 is 1.11 bits per heavy atom. The van der Waals surface area contributed by atoms with Crippen LogP contribution in [-0.2, 0) is 0 Å². The van der Waals surface area contributed by atoms with Gasteiger partial charge in [-0.25, -0.2) is 4.98 Å². The van der Waals surface area contributed by atoms with Crippen LogP contribution < -0.4 is 26.0 Å². The molecular formula is C19H21N5O2S. The highest BCUT2D eigenvalue weighted by atomic mass is 32.1. The molecule has 4 N–H and O–H groups in total. The van der Waals surface area contributed by atoms with Gasteiger partial charge >= 0.3 is 0 Å². The number of anilines is 3. The molecule has 3 aromatic rings. The lowest BCUT2D eigenvalue weighted by molar-refractivity contribution is 0.100. The van der Waals surface area contributed by atoms with E-state index in [-0.39, 0.29) is 0 Å². The monoisotopic (exact) mass is 383 g/mol. The number of nitrogens with two attached hydrogens (primary N) is 2. The largest absolute Gasteiger partial charge is 0.495 e. The number of hydrogen-bond acceptors (Lipinski definition) is 7. The number of ether oxygens (including phenoxy) is 1. The summed E-state index contributed by atoms with van der Waals surface area (Å²) in [7, 11) is 1.69. The van der Waals surface area contributed by atoms with E-state index in [1.165, 1.54) is 11.3 Å². The number of nitrogen functional groups attached to an aromatic ring is 1. The summed E-state index contributed by atoms with van der Waals surface area (Å²) in [5, 5.41) is 0.821. The number of piperazine rings is 1. The van der Waals surface area contributed by atoms with Gasteiger partial charge in [0, 0.05) is 32.4 Å². The van der Waals surface area contributed by atoms with Crippen molar-refractivity contribution in [3.8, 4) is 5.75 Å². The molecule has 0 radical (unpaired) electrons. The lowest BCUT2D eigenvalue weighted by atomic mass is 10.1. The van der Waals surface area contributed by atoms with Crippen LogP contribution in [0, 0.1) is 0 Å². The highest BCUT2D eigenvalue weighted by Gasteiger charge is 2.24. The molecule has 0 aliphatic carbocycles. The number of fused-ring (bicyclic) bond motifs is 1. The molecule has 0 bridgehead atoms. The van der Waals surface area contributed by atoms with E-state index in [2.05, 4.69) is 20.9 Å². The van der Waals surface area contributed by atoms with Gasteiger partial charge in [0.2, 0.25) is 0 Å². The first-order valence-corrected chi connectivity index (χ1v) is 9.51. The van der Waals surface area contributed by atoms with E-state index in [0.717, 1.165) is 53.5 Å². The molecule has 140 valence electrons. The highest BCUT2D eigenvalue weighted by molar-refractivity contribution is 7.21. The predicted molar refractivity (Wildman–Crippen MR) is 110 cm³/mol. The standard InChI is InChI=1S/C19H21N5O2S/c1-26-14-5-3-2-4-12(14)23-8-10-24(11-9-23)13-6-7-22-19-15(13)16(20)17(27-19)18(21)25/h2-7H,8-11,20H2,1H3,(H2,21,25). The zero-order chi connectivity index (χ0) is 19.0. The molecule has 27 heavy (non-hydrogen) atoms. The zero-order valence-electron chi connectivity index (χ0n) is 15.0. The quantitative estimate of drug-likeness (QED) is 0.717. The predicted octanol–water partition coefficient (Wildman–Crippen LogP) is 2.31. The fraction of sp³-hybridized carbons (Fsp3) is 0.263. The molecule has 0 atom stereocenters. The van der Waals surface area contributed by atoms with E-state index < -0.39 is 5.91 Å². The molecule has 3 heterocycles. The molecule has 7 nitrogen and oxygen atoms in total. The van der Waals surface area contributed by atoms with Gasteiger partial charge < -0.3 is 26.0 Å². The first-order chi connectivity index (χ1) is 13.1. The van der Waals surface area contributed by atoms with Gasteiger partial charge in [0.05, 0.1) is 29.6 Å². The lowest BCUT2D eigenvalue weighted by Crippen LogP contribution is -2.46. The number of rotatable bonds is 4. The second kappa shape index (κ2) is 6.96. The van der Waals surface area contributed by atoms with E-state index in [1.807, 2.05) is 24.3 Å². The Kier molecular flexibility index (Phi) is 4.49. The van der Waals surface area contributed by atoms with Crippen molar-refractivity contribution < 1.29 is 9.53 Å². The van der Waals surface area contributed by atoms with E-state index in [1.54, 1.807) is 13.3 Å². The number of pyridine rings is 1. The molecule has 2 aromatic heterocycles. The molecule has 1 saturated heterocycles. The van der Waals surface area contributed by atoms with Crippen LogP contribution >= 0.6 is 11.3 Å². The van der Waals surface area contributed by atoms with Crippen molar-refractivity contribution in [2.45, 2.75) is 0 Å². The lowest BCUT2D eigenvalue weighted by Gasteiger charge is -2.38. The topological polar surface area (TPSA) is 97.7 Å². The number of carbonyl (C=O) groups is 1. The fourth-order valence-electron chi connectivity index (χ4n) is 3.55. The van der Waals surface area contributed by atoms with Gasteiger partial charge in [0.25, 0.3) is 5.91 Å². The maximum Gasteiger partial charge on any atom is 0.260 e. The minimum atomic E-state index is -0.512. The zero-order valence-corrected chi connectivity index (χ0v) is 15.8. The summed E-state index contributed by atoms with van der Waals surface area (Å²) in [6.07, 6.45) is 1.75. The number of thiophene rings is 1. The molecule has 1 fully saturated rings. The van der Waals surface area contributed by atoms with Crippen LogP contribution in [0.3, 0.4) is 0 Å². The van der Waals surface area contributed by atoms with Crippen LogP contribution in [0.1, 0.15) is 9.67 Å². The van der Waals surface area contributed by atoms with Crippen LogP contribution in [-0.4, -0.2) is 44.2 Å². The van der Waals surface area contributed by atoms with Crippen molar-refractivity contribution in [1.82, 2.24) is 4.98 Å². The Bertz CT molecular complexity index is 995. The normalized spacial score (nSPS) is 14.6. The van der Waals surface area contributed by atoms with Gasteiger partial charge in [0.15, 0.2) is 0 Å². The number of para-hydroxylation sites is 2. The number of primary amides is 1. The van der Waals surface area contributed by atoms with E-state index in [9.17, 15) is 4.79 Å². The van der Waals surface area contributed by atoms with Crippen molar-refractivity contribution in [3.63, 3.8) is 0 Å². The van der Waals surface area contributed by atoms with Gasteiger partial charge in [0.1, 0.15) is 15.5 Å². The molecule has 1 amide bonds. The highest BCUT2D eigenvalue weighted by Crippen LogP contribution is 2.39. The van der Waals surface area contributed by atoms with Crippen LogP contribution in [0.25, 0.3) is 10.2 Å². The molecule has 1 aliphatic heterocycles.